The number of nitrogens with zero attached hydrogens (tertiary/aromatic N) is 4. The molecule has 106 valence electrons. The van der Waals surface area contributed by atoms with Crippen LogP contribution >= 0.6 is 11.6 Å². The SMILES string of the molecule is CCCC(N)c1cn(-c2ccc([N+](=O)[O-])cc2Cl)nn1. The third-order valence-electron chi connectivity index (χ3n) is 2.88. The number of nitro benzene ring substituents is 1. The molecule has 1 unspecified atom stereocenters. The highest BCUT2D eigenvalue weighted by atomic mass is 35.5. The molecule has 1 atom stereocenters. The largest absolute Gasteiger partial charge is 0.323 e. The first-order valence-electron chi connectivity index (χ1n) is 6.15. The van der Waals surface area contributed by atoms with Crippen molar-refractivity contribution in [1.82, 2.24) is 15.0 Å². The Bertz CT molecular complexity index is 628. The second-order valence-corrected chi connectivity index (χ2v) is 4.78. The van der Waals surface area contributed by atoms with E-state index in [4.69, 9.17) is 17.3 Å². The fourth-order valence-corrected chi connectivity index (χ4v) is 2.08. The van der Waals surface area contributed by atoms with Crippen LogP contribution in [0.4, 0.5) is 5.69 Å². The number of benzene rings is 1. The molecular formula is C12H14ClN5O2. The van der Waals surface area contributed by atoms with E-state index in [1.165, 1.54) is 22.9 Å². The van der Waals surface area contributed by atoms with Crippen LogP contribution in [0, 0.1) is 10.1 Å². The minimum atomic E-state index is -0.500. The fourth-order valence-electron chi connectivity index (χ4n) is 1.82. The van der Waals surface area contributed by atoms with Gasteiger partial charge in [-0.25, -0.2) is 4.68 Å². The third kappa shape index (κ3) is 2.94. The molecule has 0 saturated carbocycles. The summed E-state index contributed by atoms with van der Waals surface area (Å²) in [5.74, 6) is 0. The van der Waals surface area contributed by atoms with Crippen LogP contribution in [0.5, 0.6) is 0 Å². The molecule has 0 aliphatic heterocycles. The Morgan fingerprint density at radius 1 is 1.55 bits per heavy atom. The van der Waals surface area contributed by atoms with Crippen LogP contribution in [0.2, 0.25) is 5.02 Å². The number of hydrogen-bond acceptors (Lipinski definition) is 5. The Kier molecular flexibility index (Phi) is 4.31. The van der Waals surface area contributed by atoms with Gasteiger partial charge >= 0.3 is 0 Å². The molecule has 0 spiro atoms. The summed E-state index contributed by atoms with van der Waals surface area (Å²) >= 11 is 6.03. The highest BCUT2D eigenvalue weighted by Gasteiger charge is 2.14. The van der Waals surface area contributed by atoms with Crippen molar-refractivity contribution >= 4 is 17.3 Å². The summed E-state index contributed by atoms with van der Waals surface area (Å²) in [5, 5.41) is 18.9. The topological polar surface area (TPSA) is 99.9 Å². The van der Waals surface area contributed by atoms with Crippen molar-refractivity contribution in [3.8, 4) is 5.69 Å². The first kappa shape index (κ1) is 14.4. The summed E-state index contributed by atoms with van der Waals surface area (Å²) in [6.45, 7) is 2.04. The highest BCUT2D eigenvalue weighted by Crippen LogP contribution is 2.25. The molecular weight excluding hydrogens is 282 g/mol. The first-order valence-corrected chi connectivity index (χ1v) is 6.53. The minimum Gasteiger partial charge on any atom is -0.323 e. The molecule has 1 aromatic carbocycles. The number of nitrogens with two attached hydrogens (primary N) is 1. The number of non-ortho nitro benzene ring substituents is 1. The lowest BCUT2D eigenvalue weighted by Gasteiger charge is -2.05. The van der Waals surface area contributed by atoms with Crippen molar-refractivity contribution in [3.05, 3.63) is 45.2 Å². The standard InChI is InChI=1S/C12H14ClN5O2/c1-2-3-10(14)11-7-17(16-15-11)12-5-4-8(18(19)20)6-9(12)13/h4-7,10H,2-3,14H2,1H3. The molecule has 0 amide bonds. The van der Waals surface area contributed by atoms with Crippen molar-refractivity contribution in [2.24, 2.45) is 5.73 Å². The van der Waals surface area contributed by atoms with E-state index in [-0.39, 0.29) is 16.8 Å². The molecule has 2 aromatic rings. The number of nitro groups is 1. The molecule has 0 fully saturated rings. The lowest BCUT2D eigenvalue weighted by atomic mass is 10.1. The summed E-state index contributed by atoms with van der Waals surface area (Å²) in [6.07, 6.45) is 3.45. The Balaban J connectivity index is 2.30. The Morgan fingerprint density at radius 2 is 2.30 bits per heavy atom. The number of hydrogen-bond donors (Lipinski definition) is 1. The zero-order chi connectivity index (χ0) is 14.7. The Hall–Kier alpha value is -1.99. The zero-order valence-corrected chi connectivity index (χ0v) is 11.6. The van der Waals surface area contributed by atoms with Crippen LogP contribution in [0.1, 0.15) is 31.5 Å². The van der Waals surface area contributed by atoms with E-state index in [1.807, 2.05) is 6.92 Å². The van der Waals surface area contributed by atoms with Crippen LogP contribution < -0.4 is 5.73 Å². The number of halogens is 1. The predicted molar refractivity (Wildman–Crippen MR) is 74.9 cm³/mol. The smallest absolute Gasteiger partial charge is 0.271 e. The molecule has 8 heteroatoms. The first-order chi connectivity index (χ1) is 9.52. The van der Waals surface area contributed by atoms with Crippen LogP contribution in [0.25, 0.3) is 5.69 Å². The van der Waals surface area contributed by atoms with E-state index >= 15 is 0 Å². The molecule has 0 radical (unpaired) electrons. The van der Waals surface area contributed by atoms with Crippen LogP contribution in [0.3, 0.4) is 0 Å². The summed E-state index contributed by atoms with van der Waals surface area (Å²) in [6, 6.07) is 4.01. The molecule has 1 aromatic heterocycles. The molecule has 20 heavy (non-hydrogen) atoms. The average Bonchev–Trinajstić information content (AvgIpc) is 2.88. The van der Waals surface area contributed by atoms with E-state index in [2.05, 4.69) is 10.3 Å². The van der Waals surface area contributed by atoms with E-state index in [0.717, 1.165) is 12.8 Å². The molecule has 0 saturated heterocycles. The van der Waals surface area contributed by atoms with E-state index < -0.39 is 4.92 Å². The van der Waals surface area contributed by atoms with Crippen molar-refractivity contribution in [3.63, 3.8) is 0 Å². The maximum Gasteiger partial charge on any atom is 0.271 e. The van der Waals surface area contributed by atoms with E-state index in [9.17, 15) is 10.1 Å². The number of aromatic nitrogens is 3. The molecule has 2 N–H and O–H groups in total. The summed E-state index contributed by atoms with van der Waals surface area (Å²) < 4.78 is 1.47. The molecule has 2 rings (SSSR count). The van der Waals surface area contributed by atoms with Crippen molar-refractivity contribution in [1.29, 1.82) is 0 Å². The molecule has 0 aliphatic carbocycles. The summed E-state index contributed by atoms with van der Waals surface area (Å²) in [4.78, 5) is 10.2. The molecule has 0 bridgehead atoms. The molecule has 0 aliphatic rings. The van der Waals surface area contributed by atoms with Gasteiger partial charge in [0.15, 0.2) is 0 Å². The molecule has 7 nitrogen and oxygen atoms in total. The predicted octanol–water partition coefficient (Wildman–Crippen LogP) is 2.63. The monoisotopic (exact) mass is 295 g/mol. The van der Waals surface area contributed by atoms with Gasteiger partial charge in [0.25, 0.3) is 5.69 Å². The number of rotatable bonds is 5. The van der Waals surface area contributed by atoms with Gasteiger partial charge in [-0.2, -0.15) is 0 Å². The second kappa shape index (κ2) is 5.98. The Labute approximate surface area is 120 Å². The normalized spacial score (nSPS) is 12.3. The van der Waals surface area contributed by atoms with Crippen molar-refractivity contribution in [2.75, 3.05) is 0 Å². The zero-order valence-electron chi connectivity index (χ0n) is 10.9. The summed E-state index contributed by atoms with van der Waals surface area (Å²) in [7, 11) is 0. The van der Waals surface area contributed by atoms with Gasteiger partial charge in [-0.1, -0.05) is 30.2 Å². The van der Waals surface area contributed by atoms with Crippen LogP contribution in [-0.2, 0) is 0 Å². The van der Waals surface area contributed by atoms with Gasteiger partial charge in [-0.05, 0) is 12.5 Å². The highest BCUT2D eigenvalue weighted by molar-refractivity contribution is 6.32. The van der Waals surface area contributed by atoms with Gasteiger partial charge in [-0.3, -0.25) is 10.1 Å². The van der Waals surface area contributed by atoms with Crippen LogP contribution in [0.15, 0.2) is 24.4 Å². The van der Waals surface area contributed by atoms with Gasteiger partial charge in [-0.15, -0.1) is 5.10 Å². The van der Waals surface area contributed by atoms with Gasteiger partial charge < -0.3 is 5.73 Å². The lowest BCUT2D eigenvalue weighted by Crippen LogP contribution is -2.10. The average molecular weight is 296 g/mol. The van der Waals surface area contributed by atoms with Gasteiger partial charge in [0.2, 0.25) is 0 Å². The fraction of sp³-hybridized carbons (Fsp3) is 0.333. The van der Waals surface area contributed by atoms with Crippen LogP contribution in [-0.4, -0.2) is 19.9 Å². The Morgan fingerprint density at radius 3 is 2.90 bits per heavy atom. The van der Waals surface area contributed by atoms with Gasteiger partial charge in [0.05, 0.1) is 33.6 Å². The van der Waals surface area contributed by atoms with E-state index in [0.29, 0.717) is 11.4 Å². The summed E-state index contributed by atoms with van der Waals surface area (Å²) in [5.41, 5.74) is 7.09. The van der Waals surface area contributed by atoms with Crippen molar-refractivity contribution < 1.29 is 4.92 Å². The second-order valence-electron chi connectivity index (χ2n) is 4.38. The van der Waals surface area contributed by atoms with Crippen molar-refractivity contribution in [2.45, 2.75) is 25.8 Å². The van der Waals surface area contributed by atoms with E-state index in [1.54, 1.807) is 6.20 Å². The quantitative estimate of drug-likeness (QED) is 0.675. The maximum atomic E-state index is 10.7. The lowest BCUT2D eigenvalue weighted by molar-refractivity contribution is -0.384. The minimum absolute atomic E-state index is 0.0678. The van der Waals surface area contributed by atoms with Gasteiger partial charge in [0.1, 0.15) is 0 Å². The molecule has 1 heterocycles. The third-order valence-corrected chi connectivity index (χ3v) is 3.18. The van der Waals surface area contributed by atoms with Gasteiger partial charge in [0, 0.05) is 12.1 Å². The maximum absolute atomic E-state index is 10.7.